The lowest BCUT2D eigenvalue weighted by Gasteiger charge is -2.06. The van der Waals surface area contributed by atoms with Crippen LogP contribution in [0.2, 0.25) is 0 Å². The van der Waals surface area contributed by atoms with Gasteiger partial charge in [-0.25, -0.2) is 0 Å². The second-order valence-electron chi connectivity index (χ2n) is 2.18. The van der Waals surface area contributed by atoms with E-state index in [0.29, 0.717) is 9.30 Å². The molecule has 0 saturated heterocycles. The van der Waals surface area contributed by atoms with Gasteiger partial charge in [0.05, 0.1) is 0 Å². The van der Waals surface area contributed by atoms with Gasteiger partial charge < -0.3 is 0 Å². The highest BCUT2D eigenvalue weighted by Crippen LogP contribution is 2.14. The predicted octanol–water partition coefficient (Wildman–Crippen LogP) is 3.42. The quantitative estimate of drug-likeness (QED) is 0.536. The first-order valence-corrected chi connectivity index (χ1v) is 4.96. The maximum Gasteiger partial charge on any atom is 0.0333 e. The van der Waals surface area contributed by atoms with Crippen molar-refractivity contribution in [1.82, 2.24) is 0 Å². The van der Waals surface area contributed by atoms with E-state index in [2.05, 4.69) is 36.4 Å². The van der Waals surface area contributed by atoms with E-state index in [4.69, 9.17) is 11.6 Å². The molecule has 2 heteroatoms. The summed E-state index contributed by atoms with van der Waals surface area (Å²) in [5.74, 6) is 0. The van der Waals surface area contributed by atoms with Crippen LogP contribution in [0.4, 0.5) is 0 Å². The molecule has 0 aliphatic rings. The van der Waals surface area contributed by atoms with Gasteiger partial charge in [-0.15, -0.1) is 11.6 Å². The number of hydrogen-bond acceptors (Lipinski definition) is 0. The Morgan fingerprint density at radius 3 is 2.44 bits per heavy atom. The molecule has 55 valence electrons. The molecule has 9 heavy (non-hydrogen) atoms. The zero-order chi connectivity index (χ0) is 7.28. The maximum atomic E-state index is 5.88. The molecule has 0 spiro atoms. The minimum atomic E-state index is 0.365. The second kappa shape index (κ2) is 5.78. The van der Waals surface area contributed by atoms with Gasteiger partial charge in [-0.2, -0.15) is 0 Å². The summed E-state index contributed by atoms with van der Waals surface area (Å²) < 4.78 is 0.524. The summed E-state index contributed by atoms with van der Waals surface area (Å²) >= 11 is 8.20. The minimum Gasteiger partial charge on any atom is -0.123 e. The highest BCUT2D eigenvalue weighted by molar-refractivity contribution is 14.1. The normalized spacial score (nSPS) is 17.3. The number of halogens is 2. The van der Waals surface area contributed by atoms with Crippen LogP contribution < -0.4 is 0 Å². The lowest BCUT2D eigenvalue weighted by molar-refractivity contribution is 0.695. The van der Waals surface area contributed by atoms with Gasteiger partial charge >= 0.3 is 0 Å². The molecule has 2 unspecified atom stereocenters. The van der Waals surface area contributed by atoms with Crippen molar-refractivity contribution in [2.45, 2.75) is 35.5 Å². The van der Waals surface area contributed by atoms with E-state index >= 15 is 0 Å². The van der Waals surface area contributed by atoms with E-state index < -0.39 is 0 Å². The SMILES string of the molecule is [CH2]C(I)CCC(Cl)CC. The fraction of sp³-hybridized carbons (Fsp3) is 0.857. The fourth-order valence-corrected chi connectivity index (χ4v) is 1.05. The van der Waals surface area contributed by atoms with Crippen molar-refractivity contribution in [3.8, 4) is 0 Å². The molecule has 0 fully saturated rings. The Morgan fingerprint density at radius 2 is 2.11 bits per heavy atom. The monoisotopic (exact) mass is 259 g/mol. The van der Waals surface area contributed by atoms with Crippen LogP contribution in [-0.2, 0) is 0 Å². The third-order valence-corrected chi connectivity index (χ3v) is 2.39. The van der Waals surface area contributed by atoms with Crippen molar-refractivity contribution in [3.05, 3.63) is 6.92 Å². The Labute approximate surface area is 76.5 Å². The summed E-state index contributed by atoms with van der Waals surface area (Å²) in [5.41, 5.74) is 0. The van der Waals surface area contributed by atoms with Gasteiger partial charge in [0, 0.05) is 9.30 Å². The Hall–Kier alpha value is 1.02. The van der Waals surface area contributed by atoms with Crippen molar-refractivity contribution in [1.29, 1.82) is 0 Å². The molecular weight excluding hydrogens is 246 g/mol. The molecule has 0 N–H and O–H groups in total. The van der Waals surface area contributed by atoms with Crippen LogP contribution >= 0.6 is 34.2 Å². The zero-order valence-corrected chi connectivity index (χ0v) is 8.65. The summed E-state index contributed by atoms with van der Waals surface area (Å²) in [6.07, 6.45) is 3.32. The molecule has 0 aromatic rings. The second-order valence-corrected chi connectivity index (χ2v) is 4.56. The molecular formula is C7H13ClI. The van der Waals surface area contributed by atoms with Gasteiger partial charge in [0.15, 0.2) is 0 Å². The molecule has 0 rings (SSSR count). The van der Waals surface area contributed by atoms with Crippen molar-refractivity contribution < 1.29 is 0 Å². The summed E-state index contributed by atoms with van der Waals surface area (Å²) in [4.78, 5) is 0. The Morgan fingerprint density at radius 1 is 1.56 bits per heavy atom. The lowest BCUT2D eigenvalue weighted by Crippen LogP contribution is -1.99. The van der Waals surface area contributed by atoms with E-state index in [1.807, 2.05) is 0 Å². The summed E-state index contributed by atoms with van der Waals surface area (Å²) in [6, 6.07) is 0. The van der Waals surface area contributed by atoms with E-state index in [-0.39, 0.29) is 0 Å². The Kier molecular flexibility index (Phi) is 6.43. The van der Waals surface area contributed by atoms with Crippen molar-refractivity contribution >= 4 is 34.2 Å². The summed E-state index contributed by atoms with van der Waals surface area (Å²) in [7, 11) is 0. The average molecular weight is 260 g/mol. The van der Waals surface area contributed by atoms with Crippen LogP contribution in [0.15, 0.2) is 0 Å². The number of hydrogen-bond donors (Lipinski definition) is 0. The van der Waals surface area contributed by atoms with Crippen LogP contribution in [-0.4, -0.2) is 9.30 Å². The molecule has 0 aliphatic heterocycles. The van der Waals surface area contributed by atoms with Crippen LogP contribution in [0.3, 0.4) is 0 Å². The minimum absolute atomic E-state index is 0.365. The molecule has 0 amide bonds. The van der Waals surface area contributed by atoms with Gasteiger partial charge in [0.25, 0.3) is 0 Å². The molecule has 0 heterocycles. The summed E-state index contributed by atoms with van der Waals surface area (Å²) in [6.45, 7) is 5.99. The van der Waals surface area contributed by atoms with E-state index in [1.54, 1.807) is 0 Å². The van der Waals surface area contributed by atoms with Crippen LogP contribution in [0.25, 0.3) is 0 Å². The zero-order valence-electron chi connectivity index (χ0n) is 5.74. The molecule has 0 bridgehead atoms. The molecule has 2 atom stereocenters. The maximum absolute atomic E-state index is 5.88. The van der Waals surface area contributed by atoms with Crippen LogP contribution in [0.1, 0.15) is 26.2 Å². The molecule has 0 aromatic heterocycles. The molecule has 0 aliphatic carbocycles. The molecule has 0 saturated carbocycles. The topological polar surface area (TPSA) is 0 Å². The first-order valence-electron chi connectivity index (χ1n) is 3.28. The van der Waals surface area contributed by atoms with Crippen LogP contribution in [0, 0.1) is 6.92 Å². The largest absolute Gasteiger partial charge is 0.123 e. The third-order valence-electron chi connectivity index (χ3n) is 1.24. The van der Waals surface area contributed by atoms with Crippen LogP contribution in [0.5, 0.6) is 0 Å². The van der Waals surface area contributed by atoms with Crippen molar-refractivity contribution in [3.63, 3.8) is 0 Å². The van der Waals surface area contributed by atoms with Gasteiger partial charge in [-0.1, -0.05) is 29.5 Å². The highest BCUT2D eigenvalue weighted by Gasteiger charge is 2.02. The van der Waals surface area contributed by atoms with E-state index in [1.165, 1.54) is 0 Å². The number of rotatable bonds is 4. The lowest BCUT2D eigenvalue weighted by atomic mass is 10.2. The average Bonchev–Trinajstić information content (AvgIpc) is 1.83. The third kappa shape index (κ3) is 6.91. The van der Waals surface area contributed by atoms with E-state index in [0.717, 1.165) is 19.3 Å². The van der Waals surface area contributed by atoms with Crippen molar-refractivity contribution in [2.75, 3.05) is 0 Å². The first kappa shape index (κ1) is 10.0. The fourth-order valence-electron chi connectivity index (χ4n) is 0.566. The molecule has 1 radical (unpaired) electrons. The Bertz CT molecular complexity index is 63.9. The predicted molar refractivity (Wildman–Crippen MR) is 52.3 cm³/mol. The first-order chi connectivity index (χ1) is 4.16. The Balaban J connectivity index is 3.06. The van der Waals surface area contributed by atoms with Gasteiger partial charge in [-0.05, 0) is 26.2 Å². The number of alkyl halides is 2. The summed E-state index contributed by atoms with van der Waals surface area (Å²) in [5, 5.41) is 0.365. The standard InChI is InChI=1S/C7H13ClI/c1-3-7(8)5-4-6(2)9/h6-7H,2-5H2,1H3. The van der Waals surface area contributed by atoms with E-state index in [9.17, 15) is 0 Å². The van der Waals surface area contributed by atoms with Crippen molar-refractivity contribution in [2.24, 2.45) is 0 Å². The smallest absolute Gasteiger partial charge is 0.0333 e. The molecule has 0 aromatic carbocycles. The van der Waals surface area contributed by atoms with Gasteiger partial charge in [0.1, 0.15) is 0 Å². The van der Waals surface area contributed by atoms with Gasteiger partial charge in [0.2, 0.25) is 0 Å². The van der Waals surface area contributed by atoms with Gasteiger partial charge in [-0.3, -0.25) is 0 Å². The highest BCUT2D eigenvalue weighted by atomic mass is 127. The molecule has 0 nitrogen and oxygen atoms in total.